The van der Waals surface area contributed by atoms with Gasteiger partial charge in [-0.1, -0.05) is 20.8 Å². The molecule has 0 N–H and O–H groups in total. The molecule has 1 aliphatic rings. The second-order valence-corrected chi connectivity index (χ2v) is 12.2. The number of rotatable bonds is 5. The highest BCUT2D eigenvalue weighted by Gasteiger charge is 2.46. The van der Waals surface area contributed by atoms with Gasteiger partial charge in [-0.15, -0.1) is 0 Å². The Morgan fingerprint density at radius 2 is 1.74 bits per heavy atom. The Balaban J connectivity index is 2.89. The average molecular weight is 286 g/mol. The molecule has 1 heterocycles. The molecule has 4 heteroatoms. The fourth-order valence-electron chi connectivity index (χ4n) is 2.50. The van der Waals surface area contributed by atoms with E-state index in [0.29, 0.717) is 12.3 Å². The highest BCUT2D eigenvalue weighted by atomic mass is 28.4. The molecule has 0 bridgehead atoms. The summed E-state index contributed by atoms with van der Waals surface area (Å²) in [6.07, 6.45) is 3.50. The maximum atomic E-state index is 11.1. The van der Waals surface area contributed by atoms with Crippen LogP contribution in [0.1, 0.15) is 47.0 Å². The van der Waals surface area contributed by atoms with E-state index in [0.717, 1.165) is 32.3 Å². The summed E-state index contributed by atoms with van der Waals surface area (Å²) in [4.78, 5) is 11.1. The molecule has 0 aliphatic carbocycles. The SMILES string of the molecule is CC(C)(C)[Si](C)(C)O[C@](C)(CC=O)C1CCOCC1. The van der Waals surface area contributed by atoms with Crippen LogP contribution in [0.25, 0.3) is 0 Å². The van der Waals surface area contributed by atoms with Crippen molar-refractivity contribution in [2.24, 2.45) is 5.92 Å². The molecule has 0 aromatic rings. The standard InChI is InChI=1S/C15H30O3Si/c1-14(2,3)19(5,6)18-15(4,9-10-16)13-7-11-17-12-8-13/h10,13H,7-9,11-12H2,1-6H3/t15-/m1/s1. The van der Waals surface area contributed by atoms with E-state index in [1.165, 1.54) is 0 Å². The molecule has 3 nitrogen and oxygen atoms in total. The molecule has 0 aromatic carbocycles. The largest absolute Gasteiger partial charge is 0.411 e. The van der Waals surface area contributed by atoms with Crippen molar-refractivity contribution in [3.05, 3.63) is 0 Å². The molecule has 0 saturated carbocycles. The van der Waals surface area contributed by atoms with E-state index in [1.807, 2.05) is 0 Å². The lowest BCUT2D eigenvalue weighted by Crippen LogP contribution is -2.52. The minimum Gasteiger partial charge on any atom is -0.411 e. The highest BCUT2D eigenvalue weighted by Crippen LogP contribution is 2.43. The van der Waals surface area contributed by atoms with Crippen molar-refractivity contribution in [1.29, 1.82) is 0 Å². The van der Waals surface area contributed by atoms with Gasteiger partial charge in [0.1, 0.15) is 6.29 Å². The van der Waals surface area contributed by atoms with Gasteiger partial charge in [0.2, 0.25) is 0 Å². The Morgan fingerprint density at radius 3 is 2.16 bits per heavy atom. The van der Waals surface area contributed by atoms with Gasteiger partial charge < -0.3 is 14.0 Å². The van der Waals surface area contributed by atoms with Gasteiger partial charge >= 0.3 is 0 Å². The topological polar surface area (TPSA) is 35.5 Å². The maximum absolute atomic E-state index is 11.1. The first-order valence-corrected chi connectivity index (χ1v) is 10.2. The molecule has 1 saturated heterocycles. The van der Waals surface area contributed by atoms with Crippen LogP contribution in [0.2, 0.25) is 18.1 Å². The van der Waals surface area contributed by atoms with Gasteiger partial charge in [-0.05, 0) is 43.8 Å². The predicted octanol–water partition coefficient (Wildman–Crippen LogP) is 3.78. The summed E-state index contributed by atoms with van der Waals surface area (Å²) >= 11 is 0. The first kappa shape index (κ1) is 16.9. The Labute approximate surface area is 119 Å². The first-order chi connectivity index (χ1) is 8.62. The zero-order chi connectivity index (χ0) is 14.7. The summed E-state index contributed by atoms with van der Waals surface area (Å²) < 4.78 is 12.1. The van der Waals surface area contributed by atoms with E-state index in [-0.39, 0.29) is 10.6 Å². The molecular formula is C15H30O3Si. The van der Waals surface area contributed by atoms with Gasteiger partial charge in [0, 0.05) is 19.6 Å². The third kappa shape index (κ3) is 4.13. The number of hydrogen-bond donors (Lipinski definition) is 0. The van der Waals surface area contributed by atoms with Gasteiger partial charge in [0.15, 0.2) is 8.32 Å². The summed E-state index contributed by atoms with van der Waals surface area (Å²) in [5.74, 6) is 0.431. The summed E-state index contributed by atoms with van der Waals surface area (Å²) in [5, 5.41) is 0.169. The molecular weight excluding hydrogens is 256 g/mol. The second kappa shape index (κ2) is 6.06. The second-order valence-electron chi connectivity index (χ2n) is 7.43. The third-order valence-electron chi connectivity index (χ3n) is 4.87. The van der Waals surface area contributed by atoms with E-state index < -0.39 is 8.32 Å². The zero-order valence-electron chi connectivity index (χ0n) is 13.4. The summed E-state index contributed by atoms with van der Waals surface area (Å²) in [5.41, 5.74) is -0.325. The van der Waals surface area contributed by atoms with Crippen molar-refractivity contribution in [3.63, 3.8) is 0 Å². The van der Waals surface area contributed by atoms with E-state index in [9.17, 15) is 4.79 Å². The minimum atomic E-state index is -1.86. The molecule has 1 aliphatic heterocycles. The molecule has 1 rings (SSSR count). The normalized spacial score (nSPS) is 22.0. The van der Waals surface area contributed by atoms with Crippen molar-refractivity contribution in [3.8, 4) is 0 Å². The monoisotopic (exact) mass is 286 g/mol. The van der Waals surface area contributed by atoms with Crippen molar-refractivity contribution < 1.29 is 14.0 Å². The van der Waals surface area contributed by atoms with Gasteiger partial charge in [-0.3, -0.25) is 0 Å². The molecule has 0 radical (unpaired) electrons. The van der Waals surface area contributed by atoms with Crippen molar-refractivity contribution in [1.82, 2.24) is 0 Å². The van der Waals surface area contributed by atoms with Crippen LogP contribution in [0.15, 0.2) is 0 Å². The Morgan fingerprint density at radius 1 is 1.21 bits per heavy atom. The van der Waals surface area contributed by atoms with Crippen LogP contribution in [-0.2, 0) is 14.0 Å². The van der Waals surface area contributed by atoms with Crippen LogP contribution in [0.5, 0.6) is 0 Å². The lowest BCUT2D eigenvalue weighted by molar-refractivity contribution is -0.115. The number of carbonyl (C=O) groups is 1. The lowest BCUT2D eigenvalue weighted by atomic mass is 9.81. The summed E-state index contributed by atoms with van der Waals surface area (Å²) in [7, 11) is -1.86. The van der Waals surface area contributed by atoms with Crippen LogP contribution in [0.3, 0.4) is 0 Å². The lowest BCUT2D eigenvalue weighted by Gasteiger charge is -2.48. The number of carbonyl (C=O) groups excluding carboxylic acids is 1. The fraction of sp³-hybridized carbons (Fsp3) is 0.933. The molecule has 0 unspecified atom stereocenters. The molecule has 0 spiro atoms. The van der Waals surface area contributed by atoms with E-state index in [1.54, 1.807) is 0 Å². The molecule has 0 aromatic heterocycles. The predicted molar refractivity (Wildman–Crippen MR) is 80.9 cm³/mol. The van der Waals surface area contributed by atoms with E-state index in [2.05, 4.69) is 40.8 Å². The van der Waals surface area contributed by atoms with Gasteiger partial charge in [0.05, 0.1) is 5.60 Å². The quantitative estimate of drug-likeness (QED) is 0.570. The molecule has 0 amide bonds. The number of hydrogen-bond acceptors (Lipinski definition) is 3. The average Bonchev–Trinajstić information content (AvgIpc) is 2.28. The fourth-order valence-corrected chi connectivity index (χ4v) is 4.22. The molecule has 112 valence electrons. The highest BCUT2D eigenvalue weighted by molar-refractivity contribution is 6.74. The molecule has 1 atom stereocenters. The summed E-state index contributed by atoms with van der Waals surface area (Å²) in [6.45, 7) is 14.9. The van der Waals surface area contributed by atoms with Crippen LogP contribution in [-0.4, -0.2) is 33.4 Å². The number of aldehydes is 1. The zero-order valence-corrected chi connectivity index (χ0v) is 14.4. The van der Waals surface area contributed by atoms with Crippen molar-refractivity contribution in [2.45, 2.75) is 70.7 Å². The third-order valence-corrected chi connectivity index (χ3v) is 9.46. The Bertz CT molecular complexity index is 303. The van der Waals surface area contributed by atoms with Gasteiger partial charge in [-0.25, -0.2) is 0 Å². The van der Waals surface area contributed by atoms with E-state index >= 15 is 0 Å². The van der Waals surface area contributed by atoms with E-state index in [4.69, 9.17) is 9.16 Å². The number of ether oxygens (including phenoxy) is 1. The van der Waals surface area contributed by atoms with Crippen molar-refractivity contribution in [2.75, 3.05) is 13.2 Å². The first-order valence-electron chi connectivity index (χ1n) is 7.34. The van der Waals surface area contributed by atoms with Crippen LogP contribution in [0.4, 0.5) is 0 Å². The van der Waals surface area contributed by atoms with Gasteiger partial charge in [0.25, 0.3) is 0 Å². The van der Waals surface area contributed by atoms with Crippen LogP contribution >= 0.6 is 0 Å². The van der Waals surface area contributed by atoms with Crippen molar-refractivity contribution >= 4 is 14.6 Å². The minimum absolute atomic E-state index is 0.169. The molecule has 1 fully saturated rings. The Kier molecular flexibility index (Phi) is 5.38. The smallest absolute Gasteiger partial charge is 0.192 e. The molecule has 19 heavy (non-hydrogen) atoms. The Hall–Kier alpha value is -0.193. The van der Waals surface area contributed by atoms with Crippen LogP contribution < -0.4 is 0 Å². The maximum Gasteiger partial charge on any atom is 0.192 e. The van der Waals surface area contributed by atoms with Gasteiger partial charge in [-0.2, -0.15) is 0 Å². The van der Waals surface area contributed by atoms with Crippen LogP contribution in [0, 0.1) is 5.92 Å². The summed E-state index contributed by atoms with van der Waals surface area (Å²) in [6, 6.07) is 0.